The molecular weight excluding hydrogens is 348 g/mol. The Bertz CT molecular complexity index is 879. The van der Waals surface area contributed by atoms with Gasteiger partial charge in [-0.15, -0.1) is 0 Å². The van der Waals surface area contributed by atoms with E-state index in [1.807, 2.05) is 30.3 Å². The van der Waals surface area contributed by atoms with Crippen LogP contribution in [-0.4, -0.2) is 11.8 Å². The van der Waals surface area contributed by atoms with Crippen molar-refractivity contribution < 1.29 is 9.59 Å². The lowest BCUT2D eigenvalue weighted by Gasteiger charge is -2.08. The van der Waals surface area contributed by atoms with Crippen molar-refractivity contribution in [1.29, 1.82) is 0 Å². The van der Waals surface area contributed by atoms with Crippen molar-refractivity contribution in [1.82, 2.24) is 5.32 Å². The fourth-order valence-electron chi connectivity index (χ4n) is 3.65. The molecule has 4 heteroatoms. The van der Waals surface area contributed by atoms with E-state index in [1.54, 1.807) is 24.3 Å². The van der Waals surface area contributed by atoms with Crippen molar-refractivity contribution in [3.8, 4) is 0 Å². The van der Waals surface area contributed by atoms with Crippen LogP contribution in [-0.2, 0) is 11.3 Å². The lowest BCUT2D eigenvalue weighted by molar-refractivity contribution is -0.118. The number of carbonyl (C=O) groups is 2. The fraction of sp³-hybridized carbons (Fsp3) is 0.333. The molecule has 3 rings (SSSR count). The predicted octanol–water partition coefficient (Wildman–Crippen LogP) is 4.79. The topological polar surface area (TPSA) is 58.2 Å². The number of anilines is 1. The van der Waals surface area contributed by atoms with Gasteiger partial charge in [0, 0.05) is 17.8 Å². The zero-order valence-electron chi connectivity index (χ0n) is 17.0. The molecule has 2 aromatic carbocycles. The van der Waals surface area contributed by atoms with Gasteiger partial charge in [-0.3, -0.25) is 9.59 Å². The van der Waals surface area contributed by atoms with Crippen LogP contribution in [0.3, 0.4) is 0 Å². The highest BCUT2D eigenvalue weighted by Gasteiger charge is 2.60. The first kappa shape index (κ1) is 19.9. The summed E-state index contributed by atoms with van der Waals surface area (Å²) in [7, 11) is 0. The molecule has 2 N–H and O–H groups in total. The van der Waals surface area contributed by atoms with Crippen LogP contribution in [0.15, 0.2) is 66.2 Å². The molecule has 0 bridgehead atoms. The predicted molar refractivity (Wildman–Crippen MR) is 113 cm³/mol. The van der Waals surface area contributed by atoms with Crippen LogP contribution in [0.4, 0.5) is 5.69 Å². The third kappa shape index (κ3) is 4.50. The summed E-state index contributed by atoms with van der Waals surface area (Å²) in [5, 5.41) is 5.89. The maximum Gasteiger partial charge on any atom is 0.251 e. The zero-order chi connectivity index (χ0) is 20.3. The quantitative estimate of drug-likeness (QED) is 0.712. The second-order valence-electron chi connectivity index (χ2n) is 8.30. The Hall–Kier alpha value is -2.88. The van der Waals surface area contributed by atoms with Crippen LogP contribution in [0.2, 0.25) is 0 Å². The van der Waals surface area contributed by atoms with E-state index in [0.717, 1.165) is 5.56 Å². The Morgan fingerprint density at radius 1 is 1.00 bits per heavy atom. The van der Waals surface area contributed by atoms with E-state index in [2.05, 4.69) is 44.4 Å². The van der Waals surface area contributed by atoms with E-state index in [-0.39, 0.29) is 29.1 Å². The number of hydrogen-bond acceptors (Lipinski definition) is 2. The van der Waals surface area contributed by atoms with Crippen molar-refractivity contribution in [2.75, 3.05) is 5.32 Å². The largest absolute Gasteiger partial charge is 0.348 e. The molecule has 0 heterocycles. The Labute approximate surface area is 167 Å². The molecule has 0 radical (unpaired) electrons. The number of nitrogens with one attached hydrogen (secondary N) is 2. The highest BCUT2D eigenvalue weighted by Crippen LogP contribution is 2.59. The van der Waals surface area contributed by atoms with Gasteiger partial charge in [-0.05, 0) is 55.0 Å². The normalized spacial score (nSPS) is 19.4. The summed E-state index contributed by atoms with van der Waals surface area (Å²) in [6.45, 7) is 8.86. The molecule has 2 aromatic rings. The van der Waals surface area contributed by atoms with Gasteiger partial charge >= 0.3 is 0 Å². The van der Waals surface area contributed by atoms with Crippen molar-refractivity contribution >= 4 is 17.5 Å². The molecule has 0 saturated heterocycles. The first-order valence-electron chi connectivity index (χ1n) is 9.67. The Morgan fingerprint density at radius 3 is 2.25 bits per heavy atom. The Balaban J connectivity index is 1.56. The molecule has 1 fully saturated rings. The number of rotatable bonds is 6. The summed E-state index contributed by atoms with van der Waals surface area (Å²) in [5.74, 6) is 0.166. The van der Waals surface area contributed by atoms with E-state index in [9.17, 15) is 9.59 Å². The van der Waals surface area contributed by atoms with E-state index in [0.29, 0.717) is 17.8 Å². The van der Waals surface area contributed by atoms with Crippen molar-refractivity contribution in [3.05, 3.63) is 77.4 Å². The van der Waals surface area contributed by atoms with Crippen LogP contribution >= 0.6 is 0 Å². The van der Waals surface area contributed by atoms with Gasteiger partial charge in [-0.1, -0.05) is 55.8 Å². The van der Waals surface area contributed by atoms with Gasteiger partial charge in [-0.2, -0.15) is 0 Å². The van der Waals surface area contributed by atoms with E-state index < -0.39 is 0 Å². The molecule has 28 heavy (non-hydrogen) atoms. The molecule has 2 atom stereocenters. The molecule has 4 nitrogen and oxygen atoms in total. The second kappa shape index (κ2) is 8.01. The van der Waals surface area contributed by atoms with Crippen molar-refractivity contribution in [3.63, 3.8) is 0 Å². The van der Waals surface area contributed by atoms with Crippen LogP contribution in [0.25, 0.3) is 0 Å². The molecule has 0 aliphatic heterocycles. The monoisotopic (exact) mass is 376 g/mol. The van der Waals surface area contributed by atoms with E-state index in [4.69, 9.17) is 0 Å². The lowest BCUT2D eigenvalue weighted by Crippen LogP contribution is -2.22. The van der Waals surface area contributed by atoms with E-state index >= 15 is 0 Å². The van der Waals surface area contributed by atoms with Crippen molar-refractivity contribution in [2.45, 2.75) is 34.2 Å². The first-order valence-corrected chi connectivity index (χ1v) is 9.67. The standard InChI is InChI=1S/C24H28N2O2/c1-16(2)14-20-21(24(20,3)4)23(28)26-19-12-10-18(11-13-19)22(27)25-15-17-8-6-5-7-9-17/h5-14,20-21H,15H2,1-4H3,(H,25,27)(H,26,28)/t20-,21-/m1/s1. The molecule has 0 unspecified atom stereocenters. The zero-order valence-corrected chi connectivity index (χ0v) is 17.0. The number of benzene rings is 2. The molecule has 2 amide bonds. The lowest BCUT2D eigenvalue weighted by atomic mass is 10.1. The van der Waals surface area contributed by atoms with Gasteiger partial charge < -0.3 is 10.6 Å². The summed E-state index contributed by atoms with van der Waals surface area (Å²) < 4.78 is 0. The minimum absolute atomic E-state index is 0.0153. The van der Waals surface area contributed by atoms with Crippen LogP contribution < -0.4 is 10.6 Å². The van der Waals surface area contributed by atoms with Gasteiger partial charge in [0.05, 0.1) is 5.92 Å². The van der Waals surface area contributed by atoms with Gasteiger partial charge in [-0.25, -0.2) is 0 Å². The third-order valence-electron chi connectivity index (χ3n) is 5.42. The molecule has 1 saturated carbocycles. The maximum atomic E-state index is 12.6. The van der Waals surface area contributed by atoms with Gasteiger partial charge in [0.1, 0.15) is 0 Å². The minimum Gasteiger partial charge on any atom is -0.348 e. The molecule has 0 spiro atoms. The summed E-state index contributed by atoms with van der Waals surface area (Å²) in [6, 6.07) is 16.8. The first-order chi connectivity index (χ1) is 13.3. The molecule has 0 aromatic heterocycles. The molecular formula is C24H28N2O2. The molecule has 1 aliphatic carbocycles. The highest BCUT2D eigenvalue weighted by atomic mass is 16.2. The summed E-state index contributed by atoms with van der Waals surface area (Å²) in [4.78, 5) is 24.9. The third-order valence-corrected chi connectivity index (χ3v) is 5.42. The van der Waals surface area contributed by atoms with Gasteiger partial charge in [0.25, 0.3) is 5.91 Å². The summed E-state index contributed by atoms with van der Waals surface area (Å²) in [6.07, 6.45) is 2.18. The minimum atomic E-state index is -0.131. The number of hydrogen-bond donors (Lipinski definition) is 2. The smallest absolute Gasteiger partial charge is 0.251 e. The van der Waals surface area contributed by atoms with Crippen LogP contribution in [0.5, 0.6) is 0 Å². The van der Waals surface area contributed by atoms with Crippen molar-refractivity contribution in [2.24, 2.45) is 17.3 Å². The number of amides is 2. The average Bonchev–Trinajstić information content (AvgIpc) is 3.20. The summed E-state index contributed by atoms with van der Waals surface area (Å²) in [5.41, 5.74) is 3.56. The Morgan fingerprint density at radius 2 is 1.64 bits per heavy atom. The Kier molecular flexibility index (Phi) is 5.68. The summed E-state index contributed by atoms with van der Waals surface area (Å²) >= 11 is 0. The van der Waals surface area contributed by atoms with Gasteiger partial charge in [0.15, 0.2) is 0 Å². The molecule has 146 valence electrons. The average molecular weight is 377 g/mol. The number of carbonyl (C=O) groups excluding carboxylic acids is 2. The van der Waals surface area contributed by atoms with Gasteiger partial charge in [0.2, 0.25) is 5.91 Å². The highest BCUT2D eigenvalue weighted by molar-refractivity contribution is 5.97. The molecule has 1 aliphatic rings. The fourth-order valence-corrected chi connectivity index (χ4v) is 3.65. The van der Waals surface area contributed by atoms with Crippen LogP contribution in [0, 0.1) is 17.3 Å². The maximum absolute atomic E-state index is 12.6. The van der Waals surface area contributed by atoms with E-state index in [1.165, 1.54) is 5.57 Å². The van der Waals surface area contributed by atoms with Crippen LogP contribution in [0.1, 0.15) is 43.6 Å². The second-order valence-corrected chi connectivity index (χ2v) is 8.30. The number of allylic oxidation sites excluding steroid dienone is 2. The SMILES string of the molecule is CC(C)=C[C@@H]1[C@H](C(=O)Nc2ccc(C(=O)NCc3ccccc3)cc2)C1(C)C.